The van der Waals surface area contributed by atoms with Crippen molar-refractivity contribution in [2.45, 2.75) is 31.9 Å². The number of nitrogens with zero attached hydrogens (tertiary/aromatic N) is 4. The first-order valence-corrected chi connectivity index (χ1v) is 10.4. The molecule has 8 nitrogen and oxygen atoms in total. The van der Waals surface area contributed by atoms with Gasteiger partial charge in [0.05, 0.1) is 42.4 Å². The van der Waals surface area contributed by atoms with Crippen LogP contribution in [0.4, 0.5) is 0 Å². The second-order valence-corrected chi connectivity index (χ2v) is 7.98. The summed E-state index contributed by atoms with van der Waals surface area (Å²) in [6.45, 7) is 2.98. The second kappa shape index (κ2) is 8.13. The molecule has 1 aromatic heterocycles. The maximum atomic E-state index is 13.2. The molecule has 0 bridgehead atoms. The van der Waals surface area contributed by atoms with Crippen LogP contribution >= 0.6 is 0 Å². The summed E-state index contributed by atoms with van der Waals surface area (Å²) >= 11 is 0. The molecule has 8 heteroatoms. The van der Waals surface area contributed by atoms with E-state index in [0.717, 1.165) is 22.4 Å². The van der Waals surface area contributed by atoms with E-state index in [4.69, 9.17) is 9.47 Å². The fraction of sp³-hybridized carbons (Fsp3) is 0.348. The molecule has 0 spiro atoms. The van der Waals surface area contributed by atoms with Crippen LogP contribution in [0.15, 0.2) is 48.8 Å². The number of aliphatic hydroxyl groups excluding tert-OH is 1. The van der Waals surface area contributed by atoms with E-state index in [-0.39, 0.29) is 18.7 Å². The van der Waals surface area contributed by atoms with Crippen molar-refractivity contribution < 1.29 is 19.4 Å². The molecule has 0 unspecified atom stereocenters. The zero-order chi connectivity index (χ0) is 21.4. The van der Waals surface area contributed by atoms with E-state index in [2.05, 4.69) is 10.2 Å². The van der Waals surface area contributed by atoms with Crippen molar-refractivity contribution in [3.8, 4) is 11.4 Å². The molecule has 2 atom stereocenters. The lowest BCUT2D eigenvalue weighted by atomic mass is 9.95. The van der Waals surface area contributed by atoms with Gasteiger partial charge in [0.1, 0.15) is 5.75 Å². The van der Waals surface area contributed by atoms with Gasteiger partial charge in [-0.05, 0) is 60.7 Å². The van der Waals surface area contributed by atoms with Gasteiger partial charge >= 0.3 is 0 Å². The van der Waals surface area contributed by atoms with Crippen LogP contribution in [0.3, 0.4) is 0 Å². The standard InChI is InChI=1S/C23H24N4O4/c1-15-10-22-19(23(29)26(14-31-22)20-13-30-9-6-21(20)28)12-17(15)11-16-2-4-18(5-3-16)27-24-7-8-25-27/h2-5,7-8,10,12,20-21,28H,6,9,11,13-14H2,1H3/t20-,21-/m0/s1. The molecular formula is C23H24N4O4. The van der Waals surface area contributed by atoms with Crippen LogP contribution in [0.1, 0.15) is 33.5 Å². The van der Waals surface area contributed by atoms with Crippen LogP contribution in [0, 0.1) is 6.92 Å². The number of aryl methyl sites for hydroxylation is 1. The Morgan fingerprint density at radius 1 is 1.16 bits per heavy atom. The molecule has 0 radical (unpaired) electrons. The van der Waals surface area contributed by atoms with Crippen molar-refractivity contribution in [2.24, 2.45) is 0 Å². The Morgan fingerprint density at radius 3 is 2.68 bits per heavy atom. The molecule has 2 aromatic carbocycles. The summed E-state index contributed by atoms with van der Waals surface area (Å²) in [5.74, 6) is 0.464. The summed E-state index contributed by atoms with van der Waals surface area (Å²) in [5, 5.41) is 18.6. The Hall–Kier alpha value is -3.23. The molecule has 1 fully saturated rings. The summed E-state index contributed by atoms with van der Waals surface area (Å²) in [5.41, 5.74) is 4.67. The van der Waals surface area contributed by atoms with Crippen molar-refractivity contribution >= 4 is 5.91 Å². The number of hydrogen-bond donors (Lipinski definition) is 1. The minimum Gasteiger partial charge on any atom is -0.472 e. The van der Waals surface area contributed by atoms with Gasteiger partial charge < -0.3 is 14.6 Å². The number of amides is 1. The first-order valence-electron chi connectivity index (χ1n) is 10.4. The number of benzene rings is 2. The van der Waals surface area contributed by atoms with Gasteiger partial charge in [0, 0.05) is 6.61 Å². The van der Waals surface area contributed by atoms with Gasteiger partial charge in [-0.15, -0.1) is 0 Å². The molecular weight excluding hydrogens is 396 g/mol. The summed E-state index contributed by atoms with van der Waals surface area (Å²) in [6, 6.07) is 11.5. The average Bonchev–Trinajstić information content (AvgIpc) is 3.31. The van der Waals surface area contributed by atoms with Crippen LogP contribution < -0.4 is 4.74 Å². The van der Waals surface area contributed by atoms with Gasteiger partial charge in [0.15, 0.2) is 6.73 Å². The third kappa shape index (κ3) is 3.80. The third-order valence-electron chi connectivity index (χ3n) is 5.96. The molecule has 2 aliphatic heterocycles. The largest absolute Gasteiger partial charge is 0.472 e. The summed E-state index contributed by atoms with van der Waals surface area (Å²) < 4.78 is 11.4. The number of carbonyl (C=O) groups excluding carboxylic acids is 1. The first-order chi connectivity index (χ1) is 15.1. The number of aliphatic hydroxyl groups is 1. The lowest BCUT2D eigenvalue weighted by Gasteiger charge is -2.39. The van der Waals surface area contributed by atoms with Crippen molar-refractivity contribution in [3.63, 3.8) is 0 Å². The normalized spacial score (nSPS) is 21.0. The maximum Gasteiger partial charge on any atom is 0.260 e. The van der Waals surface area contributed by atoms with Gasteiger partial charge in [-0.2, -0.15) is 15.0 Å². The van der Waals surface area contributed by atoms with Crippen LogP contribution in [0.5, 0.6) is 5.75 Å². The predicted octanol–water partition coefficient (Wildman–Crippen LogP) is 2.11. The number of fused-ring (bicyclic) bond motifs is 1. The van der Waals surface area contributed by atoms with Gasteiger partial charge in [0.2, 0.25) is 0 Å². The van der Waals surface area contributed by atoms with Crippen LogP contribution in [0.25, 0.3) is 5.69 Å². The SMILES string of the molecule is Cc1cc2c(cc1Cc1ccc(-n3nccn3)cc1)C(=O)N([C@H]1COCC[C@@H]1O)CO2. The molecule has 2 aliphatic rings. The van der Waals surface area contributed by atoms with Crippen LogP contribution in [0.2, 0.25) is 0 Å². The minimum absolute atomic E-state index is 0.124. The molecule has 1 N–H and O–H groups in total. The third-order valence-corrected chi connectivity index (χ3v) is 5.96. The van der Waals surface area contributed by atoms with Gasteiger partial charge in [-0.25, -0.2) is 0 Å². The highest BCUT2D eigenvalue weighted by molar-refractivity contribution is 5.98. The topological polar surface area (TPSA) is 89.7 Å². The first kappa shape index (κ1) is 19.7. The maximum absolute atomic E-state index is 13.2. The second-order valence-electron chi connectivity index (χ2n) is 7.98. The van der Waals surface area contributed by atoms with E-state index >= 15 is 0 Å². The smallest absolute Gasteiger partial charge is 0.260 e. The molecule has 3 heterocycles. The predicted molar refractivity (Wildman–Crippen MR) is 112 cm³/mol. The Labute approximate surface area is 180 Å². The van der Waals surface area contributed by atoms with E-state index in [1.165, 1.54) is 0 Å². The average molecular weight is 420 g/mol. The van der Waals surface area contributed by atoms with Crippen molar-refractivity contribution in [2.75, 3.05) is 19.9 Å². The van der Waals surface area contributed by atoms with Gasteiger partial charge in [0.25, 0.3) is 5.91 Å². The molecule has 0 aliphatic carbocycles. The fourth-order valence-electron chi connectivity index (χ4n) is 4.13. The highest BCUT2D eigenvalue weighted by Gasteiger charge is 2.37. The zero-order valence-corrected chi connectivity index (χ0v) is 17.3. The molecule has 1 saturated heterocycles. The number of aromatic nitrogens is 3. The monoisotopic (exact) mass is 420 g/mol. The number of hydrogen-bond acceptors (Lipinski definition) is 6. The highest BCUT2D eigenvalue weighted by atomic mass is 16.5. The Balaban J connectivity index is 1.38. The molecule has 5 rings (SSSR count). The Kier molecular flexibility index (Phi) is 5.17. The number of rotatable bonds is 4. The summed E-state index contributed by atoms with van der Waals surface area (Å²) in [7, 11) is 0. The Bertz CT molecular complexity index is 1080. The number of carbonyl (C=O) groups is 1. The fourth-order valence-corrected chi connectivity index (χ4v) is 4.13. The summed E-state index contributed by atoms with van der Waals surface area (Å²) in [4.78, 5) is 16.4. The van der Waals surface area contributed by atoms with E-state index < -0.39 is 6.10 Å². The van der Waals surface area contributed by atoms with E-state index in [9.17, 15) is 9.90 Å². The highest BCUT2D eigenvalue weighted by Crippen LogP contribution is 2.31. The summed E-state index contributed by atoms with van der Waals surface area (Å²) in [6.07, 6.45) is 3.89. The van der Waals surface area contributed by atoms with E-state index in [1.54, 1.807) is 22.1 Å². The van der Waals surface area contributed by atoms with Crippen molar-refractivity contribution in [3.05, 3.63) is 71.0 Å². The molecule has 3 aromatic rings. The van der Waals surface area contributed by atoms with Crippen LogP contribution in [-0.2, 0) is 11.2 Å². The quantitative estimate of drug-likeness (QED) is 0.695. The zero-order valence-electron chi connectivity index (χ0n) is 17.3. The van der Waals surface area contributed by atoms with E-state index in [1.807, 2.05) is 43.3 Å². The molecule has 1 amide bonds. The number of ether oxygens (including phenoxy) is 2. The minimum atomic E-state index is -0.601. The van der Waals surface area contributed by atoms with Crippen molar-refractivity contribution in [1.82, 2.24) is 19.9 Å². The van der Waals surface area contributed by atoms with Gasteiger partial charge in [-0.3, -0.25) is 9.69 Å². The van der Waals surface area contributed by atoms with Gasteiger partial charge in [-0.1, -0.05) is 12.1 Å². The lowest BCUT2D eigenvalue weighted by molar-refractivity contribution is -0.0696. The molecule has 31 heavy (non-hydrogen) atoms. The Morgan fingerprint density at radius 2 is 1.94 bits per heavy atom. The molecule has 0 saturated carbocycles. The van der Waals surface area contributed by atoms with Crippen molar-refractivity contribution in [1.29, 1.82) is 0 Å². The lowest BCUT2D eigenvalue weighted by Crippen LogP contribution is -2.54. The molecule has 160 valence electrons. The van der Waals surface area contributed by atoms with Crippen LogP contribution in [-0.4, -0.2) is 63.0 Å². The van der Waals surface area contributed by atoms with E-state index in [0.29, 0.717) is 37.4 Å².